The molecule has 1 saturated heterocycles. The van der Waals surface area contributed by atoms with Gasteiger partial charge >= 0.3 is 0 Å². The third-order valence-electron chi connectivity index (χ3n) is 15.7. The van der Waals surface area contributed by atoms with Crippen molar-refractivity contribution < 1.29 is 39.8 Å². The van der Waals surface area contributed by atoms with E-state index >= 15 is 0 Å². The number of allylic oxidation sites excluding steroid dienone is 5. The van der Waals surface area contributed by atoms with Crippen LogP contribution in [0.4, 0.5) is 0 Å². The zero-order valence-electron chi connectivity index (χ0n) is 49.3. The maximum Gasteiger partial charge on any atom is 0.220 e. The molecule has 0 aromatic rings. The van der Waals surface area contributed by atoms with Gasteiger partial charge in [-0.1, -0.05) is 294 Å². The van der Waals surface area contributed by atoms with Crippen LogP contribution in [-0.2, 0) is 14.3 Å². The number of amides is 1. The van der Waals surface area contributed by atoms with Crippen molar-refractivity contribution in [3.05, 3.63) is 36.5 Å². The largest absolute Gasteiger partial charge is 0.394 e. The molecule has 9 nitrogen and oxygen atoms in total. The average Bonchev–Trinajstić information content (AvgIpc) is 3.41. The van der Waals surface area contributed by atoms with Crippen LogP contribution >= 0.6 is 0 Å². The number of carbonyl (C=O) groups is 1. The van der Waals surface area contributed by atoms with Crippen LogP contribution in [0.3, 0.4) is 0 Å². The first-order chi connectivity index (χ1) is 36.8. The van der Waals surface area contributed by atoms with E-state index in [0.717, 1.165) is 38.5 Å². The van der Waals surface area contributed by atoms with Crippen LogP contribution in [-0.4, -0.2) is 87.5 Å². The van der Waals surface area contributed by atoms with Gasteiger partial charge in [0.2, 0.25) is 5.91 Å². The van der Waals surface area contributed by atoms with Gasteiger partial charge in [0.15, 0.2) is 6.29 Å². The molecule has 0 saturated carbocycles. The van der Waals surface area contributed by atoms with Crippen molar-refractivity contribution >= 4 is 5.91 Å². The second-order valence-corrected chi connectivity index (χ2v) is 22.9. The fourth-order valence-corrected chi connectivity index (χ4v) is 10.5. The molecule has 1 rings (SSSR count). The Kier molecular flexibility index (Phi) is 53.1. The molecule has 9 heteroatoms. The molecule has 1 aliphatic rings. The highest BCUT2D eigenvalue weighted by atomic mass is 16.7. The number of aliphatic hydroxyl groups excluding tert-OH is 5. The van der Waals surface area contributed by atoms with Crippen molar-refractivity contribution in [3.63, 3.8) is 0 Å². The molecule has 1 fully saturated rings. The summed E-state index contributed by atoms with van der Waals surface area (Å²) in [6, 6.07) is -0.822. The van der Waals surface area contributed by atoms with Gasteiger partial charge in [-0.2, -0.15) is 0 Å². The monoisotopic (exact) mass is 1060 g/mol. The molecule has 1 aliphatic heterocycles. The Morgan fingerprint density at radius 1 is 0.440 bits per heavy atom. The normalized spacial score (nSPS) is 19.1. The van der Waals surface area contributed by atoms with Crippen molar-refractivity contribution in [2.75, 3.05) is 13.2 Å². The Balaban J connectivity index is 2.17. The molecular formula is C66H125NO8. The second-order valence-electron chi connectivity index (χ2n) is 22.9. The Morgan fingerprint density at radius 2 is 0.760 bits per heavy atom. The summed E-state index contributed by atoms with van der Waals surface area (Å²) < 4.78 is 11.3. The minimum absolute atomic E-state index is 0.182. The number of aliphatic hydroxyl groups is 5. The molecule has 0 radical (unpaired) electrons. The molecule has 1 amide bonds. The summed E-state index contributed by atoms with van der Waals surface area (Å²) in [4.78, 5) is 13.1. The molecule has 442 valence electrons. The summed E-state index contributed by atoms with van der Waals surface area (Å²) in [7, 11) is 0. The molecule has 6 N–H and O–H groups in total. The Hall–Kier alpha value is -1.59. The van der Waals surface area contributed by atoms with Crippen LogP contribution in [0.5, 0.6) is 0 Å². The molecule has 75 heavy (non-hydrogen) atoms. The van der Waals surface area contributed by atoms with E-state index in [9.17, 15) is 30.3 Å². The van der Waals surface area contributed by atoms with E-state index < -0.39 is 49.5 Å². The highest BCUT2D eigenvalue weighted by Crippen LogP contribution is 2.23. The molecule has 0 spiro atoms. The number of unbranched alkanes of at least 4 members (excludes halogenated alkanes) is 43. The van der Waals surface area contributed by atoms with Gasteiger partial charge in [0.05, 0.1) is 25.4 Å². The predicted molar refractivity (Wildman–Crippen MR) is 318 cm³/mol. The Bertz CT molecular complexity index is 1270. The minimum atomic E-state index is -1.57. The van der Waals surface area contributed by atoms with Crippen molar-refractivity contribution in [2.24, 2.45) is 0 Å². The molecule has 0 aliphatic carbocycles. The van der Waals surface area contributed by atoms with Crippen LogP contribution < -0.4 is 5.32 Å². The smallest absolute Gasteiger partial charge is 0.220 e. The number of hydrogen-bond donors (Lipinski definition) is 6. The van der Waals surface area contributed by atoms with E-state index in [1.165, 1.54) is 263 Å². The maximum absolute atomic E-state index is 13.1. The quantitative estimate of drug-likeness (QED) is 0.0261. The molecule has 0 bridgehead atoms. The van der Waals surface area contributed by atoms with Crippen molar-refractivity contribution in [1.82, 2.24) is 5.32 Å². The van der Waals surface area contributed by atoms with Crippen LogP contribution in [0.15, 0.2) is 36.5 Å². The molecule has 7 unspecified atom stereocenters. The van der Waals surface area contributed by atoms with E-state index in [-0.39, 0.29) is 12.5 Å². The van der Waals surface area contributed by atoms with E-state index in [2.05, 4.69) is 43.5 Å². The summed E-state index contributed by atoms with van der Waals surface area (Å²) in [6.45, 7) is 3.81. The van der Waals surface area contributed by atoms with E-state index in [4.69, 9.17) is 9.47 Å². The summed E-state index contributed by atoms with van der Waals surface area (Å²) in [5.74, 6) is -0.182. The predicted octanol–water partition coefficient (Wildman–Crippen LogP) is 17.1. The molecule has 1 heterocycles. The van der Waals surface area contributed by atoms with E-state index in [1.54, 1.807) is 6.08 Å². The van der Waals surface area contributed by atoms with Gasteiger partial charge in [-0.25, -0.2) is 0 Å². The summed E-state index contributed by atoms with van der Waals surface area (Å²) in [5.41, 5.74) is 0. The highest BCUT2D eigenvalue weighted by molar-refractivity contribution is 5.76. The van der Waals surface area contributed by atoms with Crippen molar-refractivity contribution in [3.8, 4) is 0 Å². The van der Waals surface area contributed by atoms with Gasteiger partial charge < -0.3 is 40.3 Å². The topological polar surface area (TPSA) is 149 Å². The van der Waals surface area contributed by atoms with Crippen LogP contribution in [0.25, 0.3) is 0 Å². The average molecular weight is 1060 g/mol. The highest BCUT2D eigenvalue weighted by Gasteiger charge is 2.44. The lowest BCUT2D eigenvalue weighted by atomic mass is 9.99. The van der Waals surface area contributed by atoms with E-state index in [0.29, 0.717) is 6.42 Å². The first-order valence-corrected chi connectivity index (χ1v) is 32.7. The van der Waals surface area contributed by atoms with Crippen molar-refractivity contribution in [1.29, 1.82) is 0 Å². The number of carbonyl (C=O) groups excluding carboxylic acids is 1. The van der Waals surface area contributed by atoms with E-state index in [1.807, 2.05) is 6.08 Å². The zero-order chi connectivity index (χ0) is 54.3. The fourth-order valence-electron chi connectivity index (χ4n) is 10.5. The second kappa shape index (κ2) is 55.7. The van der Waals surface area contributed by atoms with Crippen molar-refractivity contribution in [2.45, 2.75) is 365 Å². The van der Waals surface area contributed by atoms with Gasteiger partial charge in [-0.3, -0.25) is 4.79 Å². The number of rotatable bonds is 57. The number of nitrogens with one attached hydrogen (secondary N) is 1. The zero-order valence-corrected chi connectivity index (χ0v) is 49.3. The van der Waals surface area contributed by atoms with Gasteiger partial charge in [-0.15, -0.1) is 0 Å². The Morgan fingerprint density at radius 3 is 1.12 bits per heavy atom. The number of hydrogen-bond acceptors (Lipinski definition) is 8. The lowest BCUT2D eigenvalue weighted by Gasteiger charge is -2.40. The molecular weight excluding hydrogens is 935 g/mol. The maximum atomic E-state index is 13.1. The molecule has 0 aromatic carbocycles. The van der Waals surface area contributed by atoms with Crippen LogP contribution in [0, 0.1) is 0 Å². The third kappa shape index (κ3) is 44.9. The Labute approximate surface area is 463 Å². The lowest BCUT2D eigenvalue weighted by Crippen LogP contribution is -2.60. The van der Waals surface area contributed by atoms with Gasteiger partial charge in [0, 0.05) is 6.42 Å². The van der Waals surface area contributed by atoms with Crippen LogP contribution in [0.2, 0.25) is 0 Å². The lowest BCUT2D eigenvalue weighted by molar-refractivity contribution is -0.302. The van der Waals surface area contributed by atoms with Crippen LogP contribution in [0.1, 0.15) is 322 Å². The summed E-state index contributed by atoms with van der Waals surface area (Å²) >= 11 is 0. The fraction of sp³-hybridized carbons (Fsp3) is 0.894. The molecule has 0 aromatic heterocycles. The SMILES string of the molecule is CCCCCCCCCCCCCC/C=C\CCCCCCCCCCCCCCCC(=O)NC(COC1OC(CO)C(O)C(O)C1O)C(O)/C=C/CC/C=C/CCCCCCCCCCCCCCCCCCC. The van der Waals surface area contributed by atoms with Gasteiger partial charge in [-0.05, 0) is 57.8 Å². The number of ether oxygens (including phenoxy) is 2. The minimum Gasteiger partial charge on any atom is -0.394 e. The standard InChI is InChI=1S/C66H125NO8/c1-3-5-7-9-11-13-15-17-19-21-23-25-27-28-29-30-31-32-34-36-38-40-42-44-46-48-50-52-54-56-62(70)67-59(58-74-66-65(73)64(72)63(71)61(57-68)75-66)60(69)55-53-51-49-47-45-43-41-39-37-35-33-26-24-22-20-18-16-14-12-10-8-6-4-2/h28-29,45,47,53,55,59-61,63-66,68-69,71-73H,3-27,30-44,46,48-52,54,56-58H2,1-2H3,(H,67,70)/b29-28-,47-45+,55-53+. The first kappa shape index (κ1) is 71.4. The first-order valence-electron chi connectivity index (χ1n) is 32.7. The van der Waals surface area contributed by atoms with Gasteiger partial charge in [0.1, 0.15) is 24.4 Å². The third-order valence-corrected chi connectivity index (χ3v) is 15.7. The molecule has 7 atom stereocenters. The summed E-state index contributed by atoms with van der Waals surface area (Å²) in [5, 5.41) is 54.6. The summed E-state index contributed by atoms with van der Waals surface area (Å²) in [6.07, 6.45) is 66.7. The van der Waals surface area contributed by atoms with Gasteiger partial charge in [0.25, 0.3) is 0 Å².